The Hall–Kier alpha value is -3.49. The van der Waals surface area contributed by atoms with E-state index in [1.807, 2.05) is 0 Å². The molecule has 0 spiro atoms. The number of ether oxygens (including phenoxy) is 1. The van der Waals surface area contributed by atoms with Gasteiger partial charge in [-0.25, -0.2) is 19.4 Å². The molecule has 0 amide bonds. The number of rotatable bonds is 9. The van der Waals surface area contributed by atoms with Crippen molar-refractivity contribution in [2.24, 2.45) is 0 Å². The van der Waals surface area contributed by atoms with Crippen molar-refractivity contribution in [3.8, 4) is 22.8 Å². The van der Waals surface area contributed by atoms with E-state index in [0.29, 0.717) is 22.9 Å². The van der Waals surface area contributed by atoms with Crippen LogP contribution in [0.5, 0.6) is 5.88 Å². The Kier molecular flexibility index (Phi) is 6.15. The first-order chi connectivity index (χ1) is 13.6. The van der Waals surface area contributed by atoms with Crippen molar-refractivity contribution in [3.05, 3.63) is 42.5 Å². The quantitative estimate of drug-likeness (QED) is 0.543. The second-order valence-corrected chi connectivity index (χ2v) is 6.10. The van der Waals surface area contributed by atoms with Crippen LogP contribution in [0.4, 0.5) is 5.95 Å². The van der Waals surface area contributed by atoms with Crippen molar-refractivity contribution >= 4 is 11.9 Å². The molecule has 0 aliphatic carbocycles. The first-order valence-corrected chi connectivity index (χ1v) is 9.02. The van der Waals surface area contributed by atoms with Gasteiger partial charge < -0.3 is 15.2 Å². The highest BCUT2D eigenvalue weighted by molar-refractivity contribution is 5.92. The van der Waals surface area contributed by atoms with Gasteiger partial charge in [0.1, 0.15) is 5.56 Å². The summed E-state index contributed by atoms with van der Waals surface area (Å²) in [7, 11) is 1.38. The molecule has 3 aromatic rings. The minimum Gasteiger partial charge on any atom is -0.480 e. The molecule has 146 valence electrons. The number of anilines is 1. The number of carboxylic acids is 1. The molecule has 3 rings (SSSR count). The maximum atomic E-state index is 11.5. The van der Waals surface area contributed by atoms with Crippen molar-refractivity contribution < 1.29 is 14.6 Å². The third-order valence-corrected chi connectivity index (χ3v) is 4.14. The van der Waals surface area contributed by atoms with Crippen LogP contribution in [-0.4, -0.2) is 49.5 Å². The van der Waals surface area contributed by atoms with Crippen molar-refractivity contribution in [3.63, 3.8) is 0 Å². The molecule has 0 atom stereocenters. The van der Waals surface area contributed by atoms with Gasteiger partial charge in [-0.1, -0.05) is 19.8 Å². The molecular formula is C19H22N6O3. The van der Waals surface area contributed by atoms with E-state index in [1.165, 1.54) is 19.4 Å². The monoisotopic (exact) mass is 382 g/mol. The van der Waals surface area contributed by atoms with Gasteiger partial charge in [0.05, 0.1) is 7.11 Å². The molecule has 0 aliphatic heterocycles. The van der Waals surface area contributed by atoms with Crippen molar-refractivity contribution in [2.45, 2.75) is 26.2 Å². The van der Waals surface area contributed by atoms with E-state index in [1.54, 1.807) is 29.3 Å². The zero-order valence-electron chi connectivity index (χ0n) is 15.8. The van der Waals surface area contributed by atoms with Gasteiger partial charge in [-0.15, -0.1) is 0 Å². The van der Waals surface area contributed by atoms with Crippen LogP contribution in [0.25, 0.3) is 16.9 Å². The highest BCUT2D eigenvalue weighted by Crippen LogP contribution is 2.28. The lowest BCUT2D eigenvalue weighted by molar-refractivity contribution is 0.0692. The number of aromatic carboxylic acids is 1. The van der Waals surface area contributed by atoms with E-state index in [2.05, 4.69) is 32.3 Å². The molecule has 9 nitrogen and oxygen atoms in total. The Morgan fingerprint density at radius 2 is 2.14 bits per heavy atom. The van der Waals surface area contributed by atoms with Gasteiger partial charge in [0, 0.05) is 42.5 Å². The molecule has 2 N–H and O–H groups in total. The minimum absolute atomic E-state index is 0.0341. The standard InChI is InChI=1S/C19H22N6O3/c1-3-4-5-7-20-19-22-12-15(16(24-19)25-9-6-8-23-25)13-10-14(18(26)27)17(28-2)21-11-13/h6,8-12H,3-5,7H2,1-2H3,(H,26,27)(H,20,22,24). The SMILES string of the molecule is CCCCCNc1ncc(-c2cnc(OC)c(C(=O)O)c2)c(-n2cccn2)n1. The Morgan fingerprint density at radius 3 is 2.82 bits per heavy atom. The van der Waals surface area contributed by atoms with Crippen LogP contribution in [0.3, 0.4) is 0 Å². The van der Waals surface area contributed by atoms with Crippen LogP contribution in [0, 0.1) is 0 Å². The van der Waals surface area contributed by atoms with Crippen molar-refractivity contribution in [1.82, 2.24) is 24.7 Å². The molecule has 0 radical (unpaired) electrons. The fourth-order valence-corrected chi connectivity index (χ4v) is 2.72. The Balaban J connectivity index is 2.01. The average Bonchev–Trinajstić information content (AvgIpc) is 3.25. The Bertz CT molecular complexity index is 943. The summed E-state index contributed by atoms with van der Waals surface area (Å²) in [5.41, 5.74) is 1.13. The Morgan fingerprint density at radius 1 is 1.29 bits per heavy atom. The fourth-order valence-electron chi connectivity index (χ4n) is 2.72. The molecule has 0 saturated carbocycles. The number of pyridine rings is 1. The number of unbranched alkanes of at least 4 members (excludes halogenated alkanes) is 2. The van der Waals surface area contributed by atoms with Gasteiger partial charge in [-0.2, -0.15) is 10.1 Å². The van der Waals surface area contributed by atoms with E-state index < -0.39 is 5.97 Å². The molecule has 0 bridgehead atoms. The van der Waals surface area contributed by atoms with Crippen LogP contribution >= 0.6 is 0 Å². The van der Waals surface area contributed by atoms with E-state index in [4.69, 9.17) is 4.74 Å². The molecule has 28 heavy (non-hydrogen) atoms. The summed E-state index contributed by atoms with van der Waals surface area (Å²) in [6.07, 6.45) is 9.88. The number of carbonyl (C=O) groups is 1. The molecule has 9 heteroatoms. The Labute approximate surface area is 162 Å². The third-order valence-electron chi connectivity index (χ3n) is 4.14. The topological polar surface area (TPSA) is 115 Å². The number of nitrogens with zero attached hydrogens (tertiary/aromatic N) is 5. The van der Waals surface area contributed by atoms with Gasteiger partial charge >= 0.3 is 5.97 Å². The van der Waals surface area contributed by atoms with Crippen LogP contribution in [0.1, 0.15) is 36.5 Å². The summed E-state index contributed by atoms with van der Waals surface area (Å²) in [6.45, 7) is 2.92. The summed E-state index contributed by atoms with van der Waals surface area (Å²) in [4.78, 5) is 24.6. The maximum absolute atomic E-state index is 11.5. The maximum Gasteiger partial charge on any atom is 0.341 e. The number of hydrogen-bond acceptors (Lipinski definition) is 7. The molecule has 0 fully saturated rings. The molecule has 0 aliphatic rings. The summed E-state index contributed by atoms with van der Waals surface area (Å²) in [6, 6.07) is 3.28. The third kappa shape index (κ3) is 4.25. The van der Waals surface area contributed by atoms with Gasteiger partial charge in [-0.05, 0) is 18.6 Å². The normalized spacial score (nSPS) is 10.6. The van der Waals surface area contributed by atoms with E-state index in [-0.39, 0.29) is 11.4 Å². The zero-order valence-corrected chi connectivity index (χ0v) is 15.8. The highest BCUT2D eigenvalue weighted by Gasteiger charge is 2.18. The van der Waals surface area contributed by atoms with E-state index in [9.17, 15) is 9.90 Å². The number of nitrogens with one attached hydrogen (secondary N) is 1. The lowest BCUT2D eigenvalue weighted by Gasteiger charge is -2.12. The number of carboxylic acid groups (broad SMARTS) is 1. The van der Waals surface area contributed by atoms with Crippen LogP contribution < -0.4 is 10.1 Å². The first-order valence-electron chi connectivity index (χ1n) is 9.02. The highest BCUT2D eigenvalue weighted by atomic mass is 16.5. The molecule has 3 heterocycles. The lowest BCUT2D eigenvalue weighted by Crippen LogP contribution is -2.10. The number of aromatic nitrogens is 5. The van der Waals surface area contributed by atoms with Crippen LogP contribution in [-0.2, 0) is 0 Å². The first kappa shape index (κ1) is 19.3. The molecule has 0 saturated heterocycles. The van der Waals surface area contributed by atoms with Crippen LogP contribution in [0.2, 0.25) is 0 Å². The van der Waals surface area contributed by atoms with Gasteiger partial charge in [0.25, 0.3) is 0 Å². The van der Waals surface area contributed by atoms with Gasteiger partial charge in [0.2, 0.25) is 11.8 Å². The van der Waals surface area contributed by atoms with E-state index in [0.717, 1.165) is 25.8 Å². The largest absolute Gasteiger partial charge is 0.480 e. The molecule has 0 aromatic carbocycles. The van der Waals surface area contributed by atoms with E-state index >= 15 is 0 Å². The minimum atomic E-state index is -1.12. The summed E-state index contributed by atoms with van der Waals surface area (Å²) in [5.74, 6) is -0.0550. The molecular weight excluding hydrogens is 360 g/mol. The molecule has 3 aromatic heterocycles. The lowest BCUT2D eigenvalue weighted by atomic mass is 10.1. The average molecular weight is 382 g/mol. The van der Waals surface area contributed by atoms with Gasteiger partial charge in [-0.3, -0.25) is 0 Å². The predicted molar refractivity (Wildman–Crippen MR) is 104 cm³/mol. The van der Waals surface area contributed by atoms with Crippen molar-refractivity contribution in [2.75, 3.05) is 19.0 Å². The predicted octanol–water partition coefficient (Wildman–Crippen LogP) is 3.03. The fraction of sp³-hybridized carbons (Fsp3) is 0.316. The second-order valence-electron chi connectivity index (χ2n) is 6.10. The van der Waals surface area contributed by atoms with Crippen molar-refractivity contribution in [1.29, 1.82) is 0 Å². The zero-order chi connectivity index (χ0) is 19.9. The van der Waals surface area contributed by atoms with Gasteiger partial charge in [0.15, 0.2) is 5.82 Å². The summed E-state index contributed by atoms with van der Waals surface area (Å²) < 4.78 is 6.64. The second kappa shape index (κ2) is 8.94. The number of hydrogen-bond donors (Lipinski definition) is 2. The molecule has 0 unspecified atom stereocenters. The number of methoxy groups -OCH3 is 1. The summed E-state index contributed by atoms with van der Waals surface area (Å²) in [5, 5.41) is 16.9. The smallest absolute Gasteiger partial charge is 0.341 e. The summed E-state index contributed by atoms with van der Waals surface area (Å²) >= 11 is 0. The van der Waals surface area contributed by atoms with Crippen LogP contribution in [0.15, 0.2) is 36.9 Å².